The van der Waals surface area contributed by atoms with Gasteiger partial charge in [-0.15, -0.1) is 0 Å². The largest absolute Gasteiger partial charge is 0.490 e. The van der Waals surface area contributed by atoms with Crippen molar-refractivity contribution >= 4 is 29.3 Å². The van der Waals surface area contributed by atoms with Gasteiger partial charge in [-0.3, -0.25) is 9.69 Å². The highest BCUT2D eigenvalue weighted by Gasteiger charge is 2.30. The smallest absolute Gasteiger partial charge is 0.276 e. The number of hydrogen-bond donors (Lipinski definition) is 1. The van der Waals surface area contributed by atoms with Crippen LogP contribution in [-0.4, -0.2) is 49.4 Å². The third kappa shape index (κ3) is 4.24. The number of nitrogens with one attached hydrogen (secondary N) is 1. The SMILES string of the molecule is CCOc1ccc(C=C2NC(=S)N(CCOC)C2=O)cc1OCC. The first-order chi connectivity index (χ1) is 11.6. The summed E-state index contributed by atoms with van der Waals surface area (Å²) < 4.78 is 16.1. The lowest BCUT2D eigenvalue weighted by molar-refractivity contribution is -0.122. The second-order valence-electron chi connectivity index (χ2n) is 5.01. The Labute approximate surface area is 147 Å². The fourth-order valence-corrected chi connectivity index (χ4v) is 2.57. The number of thiocarbonyl (C=S) groups is 1. The topological polar surface area (TPSA) is 60.0 Å². The Morgan fingerprint density at radius 3 is 2.58 bits per heavy atom. The van der Waals surface area contributed by atoms with E-state index in [1.807, 2.05) is 32.0 Å². The average molecular weight is 350 g/mol. The van der Waals surface area contributed by atoms with Crippen molar-refractivity contribution in [3.8, 4) is 11.5 Å². The predicted molar refractivity (Wildman–Crippen MR) is 96.1 cm³/mol. The van der Waals surface area contributed by atoms with Crippen LogP contribution >= 0.6 is 12.2 Å². The van der Waals surface area contributed by atoms with Crippen LogP contribution < -0.4 is 14.8 Å². The molecule has 1 fully saturated rings. The van der Waals surface area contributed by atoms with Crippen LogP contribution in [-0.2, 0) is 9.53 Å². The highest BCUT2D eigenvalue weighted by Crippen LogP contribution is 2.29. The average Bonchev–Trinajstić information content (AvgIpc) is 2.82. The number of carbonyl (C=O) groups excluding carboxylic acids is 1. The van der Waals surface area contributed by atoms with Crippen molar-refractivity contribution in [3.63, 3.8) is 0 Å². The first kappa shape index (κ1) is 18.2. The summed E-state index contributed by atoms with van der Waals surface area (Å²) in [5.74, 6) is 1.17. The van der Waals surface area contributed by atoms with Crippen LogP contribution in [0.2, 0.25) is 0 Å². The standard InChI is InChI=1S/C17H22N2O4S/c1-4-22-14-7-6-12(11-15(14)23-5-2)10-13-16(20)19(8-9-21-3)17(24)18-13/h6-7,10-11H,4-5,8-9H2,1-3H3,(H,18,24). The quantitative estimate of drug-likeness (QED) is 0.573. The number of carbonyl (C=O) groups is 1. The molecule has 0 spiro atoms. The molecule has 0 aromatic heterocycles. The number of amides is 1. The summed E-state index contributed by atoms with van der Waals surface area (Å²) in [6, 6.07) is 5.55. The van der Waals surface area contributed by atoms with Gasteiger partial charge in [0.25, 0.3) is 5.91 Å². The van der Waals surface area contributed by atoms with Crippen LogP contribution in [0.1, 0.15) is 19.4 Å². The summed E-state index contributed by atoms with van der Waals surface area (Å²) >= 11 is 5.20. The number of nitrogens with zero attached hydrogens (tertiary/aromatic N) is 1. The molecule has 130 valence electrons. The number of benzene rings is 1. The van der Waals surface area contributed by atoms with Crippen LogP contribution in [0, 0.1) is 0 Å². The van der Waals surface area contributed by atoms with Gasteiger partial charge in [0.2, 0.25) is 0 Å². The van der Waals surface area contributed by atoms with Gasteiger partial charge in [-0.2, -0.15) is 0 Å². The van der Waals surface area contributed by atoms with Gasteiger partial charge in [-0.25, -0.2) is 0 Å². The molecule has 1 aromatic carbocycles. The molecule has 0 atom stereocenters. The minimum absolute atomic E-state index is 0.163. The first-order valence-corrected chi connectivity index (χ1v) is 8.24. The molecule has 1 amide bonds. The molecule has 0 radical (unpaired) electrons. The molecule has 1 aromatic rings. The summed E-state index contributed by atoms with van der Waals surface area (Å²) in [5.41, 5.74) is 1.26. The fraction of sp³-hybridized carbons (Fsp3) is 0.412. The fourth-order valence-electron chi connectivity index (χ4n) is 2.28. The van der Waals surface area contributed by atoms with E-state index in [1.54, 1.807) is 13.2 Å². The molecule has 7 heteroatoms. The van der Waals surface area contributed by atoms with Crippen molar-refractivity contribution in [2.24, 2.45) is 0 Å². The highest BCUT2D eigenvalue weighted by atomic mass is 32.1. The van der Waals surface area contributed by atoms with Gasteiger partial charge >= 0.3 is 0 Å². The Balaban J connectivity index is 2.23. The number of ether oxygens (including phenoxy) is 3. The second kappa shape index (κ2) is 8.65. The molecule has 1 N–H and O–H groups in total. The van der Waals surface area contributed by atoms with E-state index in [4.69, 9.17) is 26.4 Å². The van der Waals surface area contributed by atoms with Crippen LogP contribution in [0.4, 0.5) is 0 Å². The maximum atomic E-state index is 12.4. The van der Waals surface area contributed by atoms with E-state index in [2.05, 4.69) is 5.32 Å². The summed E-state index contributed by atoms with van der Waals surface area (Å²) in [6.45, 7) is 5.77. The van der Waals surface area contributed by atoms with E-state index in [0.29, 0.717) is 48.7 Å². The van der Waals surface area contributed by atoms with Gasteiger partial charge < -0.3 is 19.5 Å². The van der Waals surface area contributed by atoms with Gasteiger partial charge in [0, 0.05) is 7.11 Å². The molecule has 1 aliphatic rings. The molecule has 0 bridgehead atoms. The first-order valence-electron chi connectivity index (χ1n) is 7.83. The Kier molecular flexibility index (Phi) is 6.57. The lowest BCUT2D eigenvalue weighted by Gasteiger charge is -2.12. The summed E-state index contributed by atoms with van der Waals surface area (Å²) in [4.78, 5) is 13.9. The van der Waals surface area contributed by atoms with Crippen molar-refractivity contribution in [1.82, 2.24) is 10.2 Å². The predicted octanol–water partition coefficient (Wildman–Crippen LogP) is 2.19. The van der Waals surface area contributed by atoms with E-state index < -0.39 is 0 Å². The van der Waals surface area contributed by atoms with Crippen molar-refractivity contribution in [1.29, 1.82) is 0 Å². The van der Waals surface area contributed by atoms with Crippen LogP contribution in [0.5, 0.6) is 11.5 Å². The van der Waals surface area contributed by atoms with Crippen LogP contribution in [0.25, 0.3) is 6.08 Å². The third-order valence-corrected chi connectivity index (χ3v) is 3.68. The number of rotatable bonds is 8. The molecule has 0 unspecified atom stereocenters. The van der Waals surface area contributed by atoms with Crippen molar-refractivity contribution in [3.05, 3.63) is 29.5 Å². The van der Waals surface area contributed by atoms with Gasteiger partial charge in [0.1, 0.15) is 5.70 Å². The van der Waals surface area contributed by atoms with Gasteiger partial charge in [0.05, 0.1) is 26.4 Å². The second-order valence-corrected chi connectivity index (χ2v) is 5.40. The van der Waals surface area contributed by atoms with E-state index in [1.165, 1.54) is 4.90 Å². The Bertz CT molecular complexity index is 645. The van der Waals surface area contributed by atoms with Gasteiger partial charge in [0.15, 0.2) is 16.6 Å². The zero-order valence-corrected chi connectivity index (χ0v) is 14.9. The van der Waals surface area contributed by atoms with E-state index in [-0.39, 0.29) is 5.91 Å². The highest BCUT2D eigenvalue weighted by molar-refractivity contribution is 7.80. The van der Waals surface area contributed by atoms with E-state index >= 15 is 0 Å². The molecule has 6 nitrogen and oxygen atoms in total. The summed E-state index contributed by atoms with van der Waals surface area (Å²) in [7, 11) is 1.59. The van der Waals surface area contributed by atoms with Gasteiger partial charge in [-0.05, 0) is 49.8 Å². The van der Waals surface area contributed by atoms with Crippen LogP contribution in [0.3, 0.4) is 0 Å². The maximum Gasteiger partial charge on any atom is 0.276 e. The number of hydrogen-bond acceptors (Lipinski definition) is 5. The van der Waals surface area contributed by atoms with E-state index in [9.17, 15) is 4.79 Å². The zero-order chi connectivity index (χ0) is 17.5. The molecule has 1 aliphatic heterocycles. The van der Waals surface area contributed by atoms with Gasteiger partial charge in [-0.1, -0.05) is 6.07 Å². The third-order valence-electron chi connectivity index (χ3n) is 3.36. The molecule has 2 rings (SSSR count). The zero-order valence-electron chi connectivity index (χ0n) is 14.1. The minimum Gasteiger partial charge on any atom is -0.490 e. The lowest BCUT2D eigenvalue weighted by Crippen LogP contribution is -2.33. The molecule has 1 saturated heterocycles. The molecule has 0 aliphatic carbocycles. The molecule has 1 heterocycles. The maximum absolute atomic E-state index is 12.4. The normalized spacial score (nSPS) is 15.8. The number of methoxy groups -OCH3 is 1. The van der Waals surface area contributed by atoms with Crippen LogP contribution in [0.15, 0.2) is 23.9 Å². The Hall–Kier alpha value is -2.12. The Morgan fingerprint density at radius 2 is 1.92 bits per heavy atom. The summed E-state index contributed by atoms with van der Waals surface area (Å²) in [6.07, 6.45) is 1.75. The van der Waals surface area contributed by atoms with Crippen molar-refractivity contribution < 1.29 is 19.0 Å². The van der Waals surface area contributed by atoms with E-state index in [0.717, 1.165) is 5.56 Å². The minimum atomic E-state index is -0.163. The Morgan fingerprint density at radius 1 is 1.21 bits per heavy atom. The van der Waals surface area contributed by atoms with Crippen molar-refractivity contribution in [2.75, 3.05) is 33.5 Å². The molecule has 0 saturated carbocycles. The molecular formula is C17H22N2O4S. The lowest BCUT2D eigenvalue weighted by atomic mass is 10.1. The monoisotopic (exact) mass is 350 g/mol. The molecule has 24 heavy (non-hydrogen) atoms. The summed E-state index contributed by atoms with van der Waals surface area (Å²) in [5, 5.41) is 3.33. The van der Waals surface area contributed by atoms with Crippen molar-refractivity contribution in [2.45, 2.75) is 13.8 Å². The molecular weight excluding hydrogens is 328 g/mol.